The molecular formula is C24H20O4. The Morgan fingerprint density at radius 1 is 0.893 bits per heavy atom. The number of hydrogen-bond acceptors (Lipinski definition) is 4. The lowest BCUT2D eigenvalue weighted by Crippen LogP contribution is -2.10. The van der Waals surface area contributed by atoms with E-state index in [0.29, 0.717) is 27.5 Å². The smallest absolute Gasteiger partial charge is 0.310 e. The minimum Gasteiger partial charge on any atom is -0.461 e. The molecule has 0 aliphatic heterocycles. The zero-order valence-electron chi connectivity index (χ0n) is 15.8. The van der Waals surface area contributed by atoms with Gasteiger partial charge in [0.05, 0.1) is 17.2 Å². The second-order valence-electron chi connectivity index (χ2n) is 6.93. The van der Waals surface area contributed by atoms with E-state index in [4.69, 9.17) is 9.15 Å². The summed E-state index contributed by atoms with van der Waals surface area (Å²) in [5.41, 5.74) is 4.49. The molecule has 28 heavy (non-hydrogen) atoms. The van der Waals surface area contributed by atoms with E-state index in [9.17, 15) is 9.59 Å². The first-order valence-electron chi connectivity index (χ1n) is 9.19. The van der Waals surface area contributed by atoms with Gasteiger partial charge < -0.3 is 9.15 Å². The van der Waals surface area contributed by atoms with Gasteiger partial charge in [0.15, 0.2) is 0 Å². The van der Waals surface area contributed by atoms with Gasteiger partial charge in [0.2, 0.25) is 5.43 Å². The fourth-order valence-electron chi connectivity index (χ4n) is 3.32. The maximum Gasteiger partial charge on any atom is 0.310 e. The number of aryl methyl sites for hydroxylation is 2. The van der Waals surface area contributed by atoms with Crippen molar-refractivity contribution < 1.29 is 13.9 Å². The summed E-state index contributed by atoms with van der Waals surface area (Å²) in [7, 11) is 0. The van der Waals surface area contributed by atoms with Crippen molar-refractivity contribution in [2.45, 2.75) is 26.9 Å². The molecule has 0 radical (unpaired) electrons. The third-order valence-corrected chi connectivity index (χ3v) is 5.04. The minimum atomic E-state index is -0.361. The Balaban J connectivity index is 1.70. The average molecular weight is 372 g/mol. The highest BCUT2D eigenvalue weighted by atomic mass is 16.5. The van der Waals surface area contributed by atoms with Crippen LogP contribution in [0.3, 0.4) is 0 Å². The molecule has 0 aliphatic rings. The number of hydrogen-bond donors (Lipinski definition) is 0. The van der Waals surface area contributed by atoms with Gasteiger partial charge in [-0.3, -0.25) is 9.59 Å². The molecule has 4 nitrogen and oxygen atoms in total. The minimum absolute atomic E-state index is 0.0451. The Kier molecular flexibility index (Phi) is 4.70. The molecule has 0 saturated heterocycles. The molecule has 0 fully saturated rings. The van der Waals surface area contributed by atoms with Crippen molar-refractivity contribution in [1.29, 1.82) is 0 Å². The van der Waals surface area contributed by atoms with Crippen LogP contribution in [0.1, 0.15) is 22.3 Å². The largest absolute Gasteiger partial charge is 0.461 e. The fourth-order valence-corrected chi connectivity index (χ4v) is 3.32. The molecule has 0 amide bonds. The summed E-state index contributed by atoms with van der Waals surface area (Å²) in [5.74, 6) is -0.361. The molecule has 0 unspecified atom stereocenters. The number of esters is 1. The predicted molar refractivity (Wildman–Crippen MR) is 109 cm³/mol. The average Bonchev–Trinajstić information content (AvgIpc) is 2.71. The maximum atomic E-state index is 12.9. The molecule has 0 spiro atoms. The fraction of sp³-hybridized carbons (Fsp3) is 0.167. The van der Waals surface area contributed by atoms with Gasteiger partial charge in [-0.1, -0.05) is 48.5 Å². The molecule has 4 heteroatoms. The summed E-state index contributed by atoms with van der Waals surface area (Å²) in [4.78, 5) is 25.3. The van der Waals surface area contributed by atoms with Gasteiger partial charge in [0.25, 0.3) is 0 Å². The van der Waals surface area contributed by atoms with Crippen LogP contribution in [0.5, 0.6) is 0 Å². The molecule has 0 saturated carbocycles. The molecule has 4 aromatic rings. The molecule has 3 aromatic carbocycles. The van der Waals surface area contributed by atoms with Gasteiger partial charge in [-0.2, -0.15) is 0 Å². The second kappa shape index (κ2) is 7.31. The SMILES string of the molecule is Cc1ccc2c(=O)c3cccc(CC(=O)OCc4ccccc4)c3oc2c1C. The molecule has 0 aliphatic carbocycles. The molecule has 140 valence electrons. The van der Waals surface area contributed by atoms with Crippen LogP contribution in [-0.2, 0) is 22.6 Å². The third-order valence-electron chi connectivity index (χ3n) is 5.04. The topological polar surface area (TPSA) is 56.5 Å². The quantitative estimate of drug-likeness (QED) is 0.380. The standard InChI is InChI=1S/C24H20O4/c1-15-11-12-20-22(26)19-10-6-9-18(24(19)28-23(20)16(15)2)13-21(25)27-14-17-7-4-3-5-8-17/h3-12H,13-14H2,1-2H3. The monoisotopic (exact) mass is 372 g/mol. The van der Waals surface area contributed by atoms with E-state index < -0.39 is 0 Å². The van der Waals surface area contributed by atoms with Crippen molar-refractivity contribution in [3.05, 3.63) is 93.1 Å². The summed E-state index contributed by atoms with van der Waals surface area (Å²) in [6.45, 7) is 4.13. The van der Waals surface area contributed by atoms with Crippen molar-refractivity contribution in [2.75, 3.05) is 0 Å². The first kappa shape index (κ1) is 18.0. The Hall–Kier alpha value is -3.40. The highest BCUT2D eigenvalue weighted by Gasteiger charge is 2.15. The number of carbonyl (C=O) groups excluding carboxylic acids is 1. The van der Waals surface area contributed by atoms with Crippen LogP contribution in [0.15, 0.2) is 69.9 Å². The number of rotatable bonds is 4. The van der Waals surface area contributed by atoms with Crippen LogP contribution < -0.4 is 5.43 Å². The van der Waals surface area contributed by atoms with Gasteiger partial charge in [-0.15, -0.1) is 0 Å². The lowest BCUT2D eigenvalue weighted by molar-refractivity contribution is -0.144. The molecule has 0 atom stereocenters. The highest BCUT2D eigenvalue weighted by molar-refractivity contribution is 5.93. The van der Waals surface area contributed by atoms with E-state index in [2.05, 4.69) is 0 Å². The molecular weight excluding hydrogens is 352 g/mol. The van der Waals surface area contributed by atoms with Gasteiger partial charge in [0, 0.05) is 5.56 Å². The van der Waals surface area contributed by atoms with Crippen LogP contribution in [0.25, 0.3) is 21.9 Å². The van der Waals surface area contributed by atoms with E-state index in [1.165, 1.54) is 0 Å². The van der Waals surface area contributed by atoms with Crippen molar-refractivity contribution in [3.8, 4) is 0 Å². The van der Waals surface area contributed by atoms with Crippen molar-refractivity contribution in [3.63, 3.8) is 0 Å². The van der Waals surface area contributed by atoms with Crippen LogP contribution in [-0.4, -0.2) is 5.97 Å². The van der Waals surface area contributed by atoms with E-state index in [1.54, 1.807) is 24.3 Å². The molecule has 4 rings (SSSR count). The number of fused-ring (bicyclic) bond motifs is 2. The number of carbonyl (C=O) groups is 1. The van der Waals surface area contributed by atoms with Gasteiger partial charge in [0.1, 0.15) is 17.8 Å². The second-order valence-corrected chi connectivity index (χ2v) is 6.93. The van der Waals surface area contributed by atoms with Crippen LogP contribution in [0, 0.1) is 13.8 Å². The number of benzene rings is 3. The third kappa shape index (κ3) is 3.29. The Labute approximate surface area is 162 Å². The lowest BCUT2D eigenvalue weighted by Gasteiger charge is -2.10. The Bertz CT molecular complexity index is 1240. The number of para-hydroxylation sites is 1. The summed E-state index contributed by atoms with van der Waals surface area (Å²) in [6, 6.07) is 18.5. The summed E-state index contributed by atoms with van der Waals surface area (Å²) < 4.78 is 11.5. The normalized spacial score (nSPS) is 11.1. The zero-order valence-corrected chi connectivity index (χ0v) is 15.8. The van der Waals surface area contributed by atoms with E-state index in [0.717, 1.165) is 16.7 Å². The van der Waals surface area contributed by atoms with Crippen molar-refractivity contribution in [2.24, 2.45) is 0 Å². The van der Waals surface area contributed by atoms with Crippen molar-refractivity contribution in [1.82, 2.24) is 0 Å². The van der Waals surface area contributed by atoms with Crippen LogP contribution in [0.4, 0.5) is 0 Å². The molecule has 1 aromatic heterocycles. The summed E-state index contributed by atoms with van der Waals surface area (Å²) in [6.07, 6.45) is 0.0451. The molecule has 1 heterocycles. The van der Waals surface area contributed by atoms with E-state index >= 15 is 0 Å². The highest BCUT2D eigenvalue weighted by Crippen LogP contribution is 2.26. The van der Waals surface area contributed by atoms with Gasteiger partial charge in [-0.25, -0.2) is 0 Å². The van der Waals surface area contributed by atoms with E-state index in [-0.39, 0.29) is 24.4 Å². The van der Waals surface area contributed by atoms with Gasteiger partial charge in [-0.05, 0) is 42.7 Å². The van der Waals surface area contributed by atoms with Crippen molar-refractivity contribution >= 4 is 27.9 Å². The summed E-state index contributed by atoms with van der Waals surface area (Å²) >= 11 is 0. The number of ether oxygens (including phenoxy) is 1. The van der Waals surface area contributed by atoms with Crippen LogP contribution in [0.2, 0.25) is 0 Å². The van der Waals surface area contributed by atoms with E-state index in [1.807, 2.05) is 50.2 Å². The summed E-state index contributed by atoms with van der Waals surface area (Å²) in [5, 5.41) is 1.03. The van der Waals surface area contributed by atoms with Crippen LogP contribution >= 0.6 is 0 Å². The Morgan fingerprint density at radius 2 is 1.64 bits per heavy atom. The molecule has 0 N–H and O–H groups in total. The Morgan fingerprint density at radius 3 is 2.43 bits per heavy atom. The first-order valence-corrected chi connectivity index (χ1v) is 9.19. The molecule has 0 bridgehead atoms. The maximum absolute atomic E-state index is 12.9. The lowest BCUT2D eigenvalue weighted by atomic mass is 10.0. The zero-order chi connectivity index (χ0) is 19.7. The first-order chi connectivity index (χ1) is 13.5. The van der Waals surface area contributed by atoms with Gasteiger partial charge >= 0.3 is 5.97 Å². The predicted octanol–water partition coefficient (Wildman–Crippen LogP) is 4.85.